The van der Waals surface area contributed by atoms with E-state index in [9.17, 15) is 4.79 Å². The van der Waals surface area contributed by atoms with Gasteiger partial charge in [-0.05, 0) is 49.6 Å². The molecule has 1 fully saturated rings. The number of imidazole rings is 1. The van der Waals surface area contributed by atoms with Crippen LogP contribution in [0.3, 0.4) is 0 Å². The van der Waals surface area contributed by atoms with Crippen LogP contribution in [0.5, 0.6) is 0 Å². The molecule has 3 aromatic rings. The number of likely N-dealkylation sites (tertiary alicyclic amines) is 1. The van der Waals surface area contributed by atoms with Gasteiger partial charge < -0.3 is 14.8 Å². The molecule has 3 heterocycles. The van der Waals surface area contributed by atoms with Crippen LogP contribution in [0.1, 0.15) is 30.3 Å². The van der Waals surface area contributed by atoms with Crippen molar-refractivity contribution < 1.29 is 4.79 Å². The Morgan fingerprint density at radius 2 is 2.15 bits per heavy atom. The summed E-state index contributed by atoms with van der Waals surface area (Å²) in [4.78, 5) is 23.9. The molecule has 134 valence electrons. The zero-order valence-electron chi connectivity index (χ0n) is 15.1. The number of hydrogen-bond donors (Lipinski definition) is 1. The number of para-hydroxylation sites is 2. The maximum absolute atomic E-state index is 13.1. The Labute approximate surface area is 152 Å². The monoisotopic (exact) mass is 349 g/mol. The zero-order valence-corrected chi connectivity index (χ0v) is 15.1. The van der Waals surface area contributed by atoms with E-state index < -0.39 is 0 Å². The number of aryl methyl sites for hydroxylation is 1. The Morgan fingerprint density at radius 3 is 3.00 bits per heavy atom. The molecule has 0 spiro atoms. The first-order valence-electron chi connectivity index (χ1n) is 9.02. The summed E-state index contributed by atoms with van der Waals surface area (Å²) in [5.41, 5.74) is 3.08. The largest absolute Gasteiger partial charge is 0.373 e. The maximum atomic E-state index is 13.1. The number of nitrogens with zero attached hydrogens (tertiary/aromatic N) is 4. The third kappa shape index (κ3) is 2.92. The lowest BCUT2D eigenvalue weighted by Crippen LogP contribution is -2.33. The first-order valence-corrected chi connectivity index (χ1v) is 9.02. The number of carbonyl (C=O) groups is 1. The Morgan fingerprint density at radius 1 is 1.31 bits per heavy atom. The van der Waals surface area contributed by atoms with Crippen LogP contribution in [0.15, 0.2) is 42.6 Å². The van der Waals surface area contributed by atoms with Crippen LogP contribution < -0.4 is 5.32 Å². The third-order valence-electron chi connectivity index (χ3n) is 5.14. The lowest BCUT2D eigenvalue weighted by molar-refractivity contribution is -0.132. The van der Waals surface area contributed by atoms with Crippen molar-refractivity contribution in [2.45, 2.75) is 32.4 Å². The van der Waals surface area contributed by atoms with E-state index in [1.165, 1.54) is 0 Å². The summed E-state index contributed by atoms with van der Waals surface area (Å²) in [6.45, 7) is 3.08. The van der Waals surface area contributed by atoms with E-state index in [0.29, 0.717) is 6.54 Å². The summed E-state index contributed by atoms with van der Waals surface area (Å²) < 4.78 is 2.01. The van der Waals surface area contributed by atoms with Crippen molar-refractivity contribution in [3.63, 3.8) is 0 Å². The van der Waals surface area contributed by atoms with Gasteiger partial charge in [0.25, 0.3) is 0 Å². The SMILES string of the molecule is CNc1cc([C@H]2CCCN2C(=O)Cn2c(C)nc3ccccc32)ccn1. The first kappa shape index (κ1) is 16.6. The van der Waals surface area contributed by atoms with Crippen molar-refractivity contribution >= 4 is 22.8 Å². The van der Waals surface area contributed by atoms with Crippen molar-refractivity contribution in [3.05, 3.63) is 54.0 Å². The summed E-state index contributed by atoms with van der Waals surface area (Å²) in [5, 5.41) is 3.07. The van der Waals surface area contributed by atoms with Crippen molar-refractivity contribution in [3.8, 4) is 0 Å². The molecular formula is C20H23N5O. The molecule has 2 aromatic heterocycles. The fourth-order valence-corrected chi connectivity index (χ4v) is 3.82. The number of aromatic nitrogens is 3. The van der Waals surface area contributed by atoms with Gasteiger partial charge in [-0.25, -0.2) is 9.97 Å². The van der Waals surface area contributed by atoms with E-state index in [0.717, 1.165) is 47.6 Å². The van der Waals surface area contributed by atoms with Gasteiger partial charge in [0, 0.05) is 19.8 Å². The number of anilines is 1. The average Bonchev–Trinajstić information content (AvgIpc) is 3.27. The Bertz CT molecular complexity index is 948. The molecule has 0 saturated carbocycles. The van der Waals surface area contributed by atoms with Gasteiger partial charge in [-0.15, -0.1) is 0 Å². The topological polar surface area (TPSA) is 63.1 Å². The summed E-state index contributed by atoms with van der Waals surface area (Å²) in [6.07, 6.45) is 3.81. The van der Waals surface area contributed by atoms with Gasteiger partial charge in [0.2, 0.25) is 5.91 Å². The molecule has 4 rings (SSSR count). The van der Waals surface area contributed by atoms with E-state index in [1.807, 2.05) is 59.8 Å². The highest BCUT2D eigenvalue weighted by Crippen LogP contribution is 2.33. The number of fused-ring (bicyclic) bond motifs is 1. The second-order valence-corrected chi connectivity index (χ2v) is 6.70. The molecule has 6 nitrogen and oxygen atoms in total. The standard InChI is InChI=1S/C20H23N5O/c1-14-23-16-6-3-4-7-18(16)25(14)13-20(26)24-11-5-8-17(24)15-9-10-22-19(12-15)21-2/h3-4,6-7,9-10,12,17H,5,8,11,13H2,1-2H3,(H,21,22)/t17-/m1/s1. The van der Waals surface area contributed by atoms with Crippen molar-refractivity contribution in [1.29, 1.82) is 0 Å². The molecule has 1 aliphatic rings. The molecule has 1 atom stereocenters. The molecule has 0 bridgehead atoms. The smallest absolute Gasteiger partial charge is 0.243 e. The average molecular weight is 349 g/mol. The number of pyridine rings is 1. The van der Waals surface area contributed by atoms with E-state index >= 15 is 0 Å². The second kappa shape index (κ2) is 6.78. The predicted octanol–water partition coefficient (Wildman–Crippen LogP) is 3.15. The minimum Gasteiger partial charge on any atom is -0.373 e. The van der Waals surface area contributed by atoms with Crippen LogP contribution in [0, 0.1) is 6.92 Å². The minimum atomic E-state index is 0.118. The first-order chi connectivity index (χ1) is 12.7. The van der Waals surface area contributed by atoms with E-state index in [1.54, 1.807) is 6.20 Å². The molecule has 1 saturated heterocycles. The van der Waals surface area contributed by atoms with E-state index in [2.05, 4.69) is 15.3 Å². The predicted molar refractivity (Wildman–Crippen MR) is 102 cm³/mol. The van der Waals surface area contributed by atoms with Gasteiger partial charge in [-0.3, -0.25) is 4.79 Å². The lowest BCUT2D eigenvalue weighted by atomic mass is 10.1. The van der Waals surface area contributed by atoms with Crippen molar-refractivity contribution in [2.24, 2.45) is 0 Å². The number of nitrogens with one attached hydrogen (secondary N) is 1. The zero-order chi connectivity index (χ0) is 18.1. The number of hydrogen-bond acceptors (Lipinski definition) is 4. The van der Waals surface area contributed by atoms with Crippen molar-refractivity contribution in [2.75, 3.05) is 18.9 Å². The molecule has 6 heteroatoms. The Hall–Kier alpha value is -2.89. The summed E-state index contributed by atoms with van der Waals surface area (Å²) in [5.74, 6) is 1.84. The molecular weight excluding hydrogens is 326 g/mol. The van der Waals surface area contributed by atoms with Gasteiger partial charge in [0.05, 0.1) is 17.1 Å². The summed E-state index contributed by atoms with van der Waals surface area (Å²) in [7, 11) is 1.86. The molecule has 0 unspecified atom stereocenters. The summed E-state index contributed by atoms with van der Waals surface area (Å²) in [6, 6.07) is 12.1. The number of amides is 1. The van der Waals surface area contributed by atoms with Gasteiger partial charge in [0.1, 0.15) is 18.2 Å². The molecule has 26 heavy (non-hydrogen) atoms. The van der Waals surface area contributed by atoms with Crippen LogP contribution in [-0.4, -0.2) is 38.9 Å². The van der Waals surface area contributed by atoms with Crippen LogP contribution in [0.4, 0.5) is 5.82 Å². The molecule has 0 aliphatic carbocycles. The number of carbonyl (C=O) groups excluding carboxylic acids is 1. The summed E-state index contributed by atoms with van der Waals surface area (Å²) >= 11 is 0. The second-order valence-electron chi connectivity index (χ2n) is 6.70. The highest BCUT2D eigenvalue weighted by atomic mass is 16.2. The highest BCUT2D eigenvalue weighted by Gasteiger charge is 2.30. The fourth-order valence-electron chi connectivity index (χ4n) is 3.82. The lowest BCUT2D eigenvalue weighted by Gasteiger charge is -2.26. The van der Waals surface area contributed by atoms with E-state index in [4.69, 9.17) is 0 Å². The normalized spacial score (nSPS) is 17.0. The van der Waals surface area contributed by atoms with Gasteiger partial charge in [0.15, 0.2) is 0 Å². The van der Waals surface area contributed by atoms with Crippen LogP contribution >= 0.6 is 0 Å². The van der Waals surface area contributed by atoms with Gasteiger partial charge >= 0.3 is 0 Å². The Kier molecular flexibility index (Phi) is 4.32. The fraction of sp³-hybridized carbons (Fsp3) is 0.350. The molecule has 1 aromatic carbocycles. The van der Waals surface area contributed by atoms with Crippen molar-refractivity contribution in [1.82, 2.24) is 19.4 Å². The molecule has 0 radical (unpaired) electrons. The molecule has 1 N–H and O–H groups in total. The van der Waals surface area contributed by atoms with E-state index in [-0.39, 0.29) is 11.9 Å². The highest BCUT2D eigenvalue weighted by molar-refractivity contribution is 5.81. The van der Waals surface area contributed by atoms with Crippen LogP contribution in [0.2, 0.25) is 0 Å². The third-order valence-corrected chi connectivity index (χ3v) is 5.14. The maximum Gasteiger partial charge on any atom is 0.243 e. The quantitative estimate of drug-likeness (QED) is 0.786. The molecule has 1 amide bonds. The number of rotatable bonds is 4. The van der Waals surface area contributed by atoms with Gasteiger partial charge in [-0.2, -0.15) is 0 Å². The van der Waals surface area contributed by atoms with Crippen LogP contribution in [0.25, 0.3) is 11.0 Å². The molecule has 1 aliphatic heterocycles. The Balaban J connectivity index is 1.59. The van der Waals surface area contributed by atoms with Gasteiger partial charge in [-0.1, -0.05) is 12.1 Å². The minimum absolute atomic E-state index is 0.118. The van der Waals surface area contributed by atoms with Crippen LogP contribution in [-0.2, 0) is 11.3 Å². The number of benzene rings is 1.